The molecule has 0 aliphatic heterocycles. The highest BCUT2D eigenvalue weighted by Crippen LogP contribution is 2.25. The van der Waals surface area contributed by atoms with Crippen LogP contribution in [0.5, 0.6) is 23.0 Å². The summed E-state index contributed by atoms with van der Waals surface area (Å²) in [5.74, 6) is 0.279. The maximum absolute atomic E-state index is 14.0. The smallest absolute Gasteiger partial charge is 0.338 e. The first-order valence-corrected chi connectivity index (χ1v) is 9.63. The van der Waals surface area contributed by atoms with Crippen molar-refractivity contribution in [2.24, 2.45) is 0 Å². The molecule has 0 aromatic heterocycles. The molecule has 160 valence electrons. The molecule has 0 heterocycles. The van der Waals surface area contributed by atoms with Crippen LogP contribution in [0, 0.1) is 5.82 Å². The van der Waals surface area contributed by atoms with Crippen molar-refractivity contribution in [2.45, 2.75) is 6.92 Å². The van der Waals surface area contributed by atoms with Gasteiger partial charge in [-0.2, -0.15) is 0 Å². The number of esters is 1. The molecule has 0 amide bonds. The van der Waals surface area contributed by atoms with Gasteiger partial charge in [-0.3, -0.25) is 0 Å². The lowest BCUT2D eigenvalue weighted by atomic mass is 10.1. The Balaban J connectivity index is 1.47. The van der Waals surface area contributed by atoms with Gasteiger partial charge in [0.05, 0.1) is 7.11 Å². The fourth-order valence-corrected chi connectivity index (χ4v) is 2.69. The van der Waals surface area contributed by atoms with Crippen molar-refractivity contribution in [1.82, 2.24) is 0 Å². The molecule has 0 unspecified atom stereocenters. The molecule has 31 heavy (non-hydrogen) atoms. The van der Waals surface area contributed by atoms with Crippen LogP contribution in [0.2, 0.25) is 0 Å². The summed E-state index contributed by atoms with van der Waals surface area (Å²) < 4.78 is 35.3. The Kier molecular flexibility index (Phi) is 7.27. The molecule has 0 N–H and O–H groups in total. The average molecular weight is 422 g/mol. The third-order valence-corrected chi connectivity index (χ3v) is 4.35. The standard InChI is InChI=1S/C25H23FO5/c1-17(2)25(27)31-24-13-12-22(16-23(24)26)30-15-14-29-21-10-6-19(7-11-21)18-4-8-20(28-3)9-5-18/h4-13,16H,1,14-15H2,2-3H3. The summed E-state index contributed by atoms with van der Waals surface area (Å²) in [5, 5.41) is 0. The zero-order valence-corrected chi connectivity index (χ0v) is 17.4. The number of halogens is 1. The Hall–Kier alpha value is -3.80. The molecular weight excluding hydrogens is 399 g/mol. The Morgan fingerprint density at radius 1 is 0.839 bits per heavy atom. The predicted octanol–water partition coefficient (Wildman–Crippen LogP) is 5.44. The summed E-state index contributed by atoms with van der Waals surface area (Å²) in [6.45, 7) is 5.46. The van der Waals surface area contributed by atoms with Gasteiger partial charge >= 0.3 is 5.97 Å². The van der Waals surface area contributed by atoms with Crippen molar-refractivity contribution in [3.63, 3.8) is 0 Å². The molecule has 3 rings (SSSR count). The number of hydrogen-bond acceptors (Lipinski definition) is 5. The topological polar surface area (TPSA) is 54.0 Å². The highest BCUT2D eigenvalue weighted by atomic mass is 19.1. The summed E-state index contributed by atoms with van der Waals surface area (Å²) in [7, 11) is 1.64. The van der Waals surface area contributed by atoms with Crippen LogP contribution in [0.3, 0.4) is 0 Å². The van der Waals surface area contributed by atoms with Gasteiger partial charge in [0.25, 0.3) is 0 Å². The largest absolute Gasteiger partial charge is 0.497 e. The summed E-state index contributed by atoms with van der Waals surface area (Å²) in [4.78, 5) is 11.5. The van der Waals surface area contributed by atoms with Crippen molar-refractivity contribution in [1.29, 1.82) is 0 Å². The molecule has 0 bridgehead atoms. The molecule has 6 heteroatoms. The van der Waals surface area contributed by atoms with E-state index in [2.05, 4.69) is 6.58 Å². The first-order valence-electron chi connectivity index (χ1n) is 9.63. The van der Waals surface area contributed by atoms with Crippen LogP contribution in [0.4, 0.5) is 4.39 Å². The van der Waals surface area contributed by atoms with Crippen LogP contribution in [-0.2, 0) is 4.79 Å². The van der Waals surface area contributed by atoms with E-state index in [1.165, 1.54) is 19.1 Å². The third-order valence-electron chi connectivity index (χ3n) is 4.35. The average Bonchev–Trinajstić information content (AvgIpc) is 2.79. The van der Waals surface area contributed by atoms with E-state index in [0.29, 0.717) is 11.5 Å². The van der Waals surface area contributed by atoms with E-state index in [-0.39, 0.29) is 24.5 Å². The molecule has 0 atom stereocenters. The molecular formula is C25H23FO5. The Labute approximate surface area is 180 Å². The van der Waals surface area contributed by atoms with Gasteiger partial charge in [-0.1, -0.05) is 30.8 Å². The lowest BCUT2D eigenvalue weighted by molar-refractivity contribution is -0.130. The Morgan fingerprint density at radius 2 is 1.35 bits per heavy atom. The van der Waals surface area contributed by atoms with Crippen molar-refractivity contribution >= 4 is 5.97 Å². The maximum Gasteiger partial charge on any atom is 0.338 e. The third kappa shape index (κ3) is 6.09. The maximum atomic E-state index is 14.0. The van der Waals surface area contributed by atoms with Gasteiger partial charge in [0.2, 0.25) is 0 Å². The van der Waals surface area contributed by atoms with Gasteiger partial charge in [-0.05, 0) is 54.4 Å². The van der Waals surface area contributed by atoms with Crippen LogP contribution in [0.1, 0.15) is 6.92 Å². The molecule has 0 radical (unpaired) electrons. The van der Waals surface area contributed by atoms with Crippen LogP contribution in [0.25, 0.3) is 11.1 Å². The first kappa shape index (κ1) is 21.9. The number of hydrogen-bond donors (Lipinski definition) is 0. The normalized spacial score (nSPS) is 10.3. The highest BCUT2D eigenvalue weighted by molar-refractivity contribution is 5.88. The minimum Gasteiger partial charge on any atom is -0.497 e. The van der Waals surface area contributed by atoms with Crippen molar-refractivity contribution < 1.29 is 28.1 Å². The number of carbonyl (C=O) groups excluding carboxylic acids is 1. The first-order chi connectivity index (χ1) is 15.0. The molecule has 0 aliphatic carbocycles. The zero-order chi connectivity index (χ0) is 22.2. The number of methoxy groups -OCH3 is 1. The number of rotatable bonds is 9. The van der Waals surface area contributed by atoms with E-state index >= 15 is 0 Å². The molecule has 0 aliphatic rings. The molecule has 3 aromatic carbocycles. The van der Waals surface area contributed by atoms with Crippen molar-refractivity contribution in [3.8, 4) is 34.1 Å². The molecule has 3 aromatic rings. The van der Waals surface area contributed by atoms with Gasteiger partial charge in [0, 0.05) is 11.6 Å². The second-order valence-electron chi connectivity index (χ2n) is 6.71. The second kappa shape index (κ2) is 10.3. The Morgan fingerprint density at radius 3 is 1.87 bits per heavy atom. The number of carbonyl (C=O) groups is 1. The highest BCUT2D eigenvalue weighted by Gasteiger charge is 2.11. The fourth-order valence-electron chi connectivity index (χ4n) is 2.69. The minimum atomic E-state index is -0.692. The second-order valence-corrected chi connectivity index (χ2v) is 6.71. The van der Waals surface area contributed by atoms with E-state index in [1.54, 1.807) is 7.11 Å². The molecule has 0 fully saturated rings. The monoisotopic (exact) mass is 422 g/mol. The van der Waals surface area contributed by atoms with E-state index < -0.39 is 11.8 Å². The van der Waals surface area contributed by atoms with Gasteiger partial charge in [0.15, 0.2) is 11.6 Å². The van der Waals surface area contributed by atoms with E-state index in [4.69, 9.17) is 18.9 Å². The van der Waals surface area contributed by atoms with Crippen LogP contribution in [0.15, 0.2) is 78.9 Å². The summed E-state index contributed by atoms with van der Waals surface area (Å²) in [6, 6.07) is 19.5. The summed E-state index contributed by atoms with van der Waals surface area (Å²) >= 11 is 0. The lowest BCUT2D eigenvalue weighted by Crippen LogP contribution is -2.10. The Bertz CT molecular complexity index is 1040. The van der Waals surface area contributed by atoms with Gasteiger partial charge < -0.3 is 18.9 Å². The van der Waals surface area contributed by atoms with Crippen LogP contribution in [-0.4, -0.2) is 26.3 Å². The lowest BCUT2D eigenvalue weighted by Gasteiger charge is -2.10. The van der Waals surface area contributed by atoms with E-state index in [0.717, 1.165) is 22.9 Å². The van der Waals surface area contributed by atoms with E-state index in [1.807, 2.05) is 48.5 Å². The zero-order valence-electron chi connectivity index (χ0n) is 17.4. The summed E-state index contributed by atoms with van der Waals surface area (Å²) in [6.07, 6.45) is 0. The van der Waals surface area contributed by atoms with Crippen molar-refractivity contribution in [3.05, 3.63) is 84.7 Å². The van der Waals surface area contributed by atoms with Crippen LogP contribution < -0.4 is 18.9 Å². The minimum absolute atomic E-state index is 0.173. The van der Waals surface area contributed by atoms with E-state index in [9.17, 15) is 9.18 Å². The molecule has 0 saturated carbocycles. The predicted molar refractivity (Wildman–Crippen MR) is 116 cm³/mol. The van der Waals surface area contributed by atoms with Crippen molar-refractivity contribution in [2.75, 3.05) is 20.3 Å². The van der Waals surface area contributed by atoms with Gasteiger partial charge in [-0.25, -0.2) is 9.18 Å². The SMILES string of the molecule is C=C(C)C(=O)Oc1ccc(OCCOc2ccc(-c3ccc(OC)cc3)cc2)cc1F. The quantitative estimate of drug-likeness (QED) is 0.199. The van der Waals surface area contributed by atoms with Gasteiger partial charge in [0.1, 0.15) is 30.5 Å². The number of benzene rings is 3. The van der Waals surface area contributed by atoms with Gasteiger partial charge in [-0.15, -0.1) is 0 Å². The molecule has 0 spiro atoms. The number of ether oxygens (including phenoxy) is 4. The molecule has 5 nitrogen and oxygen atoms in total. The summed E-state index contributed by atoms with van der Waals surface area (Å²) in [5.41, 5.74) is 2.33. The van der Waals surface area contributed by atoms with Crippen LogP contribution >= 0.6 is 0 Å². The molecule has 0 saturated heterocycles. The fraction of sp³-hybridized carbons (Fsp3) is 0.160.